The Morgan fingerprint density at radius 2 is 1.95 bits per heavy atom. The van der Waals surface area contributed by atoms with Crippen LogP contribution in [0.4, 0.5) is 5.69 Å². The molecule has 0 unspecified atom stereocenters. The lowest BCUT2D eigenvalue weighted by Crippen LogP contribution is -2.06. The summed E-state index contributed by atoms with van der Waals surface area (Å²) in [7, 11) is 0. The molecule has 0 radical (unpaired) electrons. The number of aromatic hydroxyl groups is 1. The summed E-state index contributed by atoms with van der Waals surface area (Å²) in [4.78, 5) is 23.2. The third-order valence-electron chi connectivity index (χ3n) is 2.87. The highest BCUT2D eigenvalue weighted by molar-refractivity contribution is 9.10. The van der Waals surface area contributed by atoms with Crippen molar-refractivity contribution in [2.24, 2.45) is 0 Å². The number of phenols is 1. The fourth-order valence-electron chi connectivity index (χ4n) is 1.85. The Morgan fingerprint density at radius 1 is 1.18 bits per heavy atom. The van der Waals surface area contributed by atoms with E-state index >= 15 is 0 Å². The molecule has 4 nitrogen and oxygen atoms in total. The molecule has 0 spiro atoms. The molecule has 2 rings (SSSR count). The maximum atomic E-state index is 12.1. The molecule has 2 aromatic carbocycles. The van der Waals surface area contributed by atoms with Crippen LogP contribution >= 0.6 is 15.9 Å². The van der Waals surface area contributed by atoms with Crippen molar-refractivity contribution in [2.75, 3.05) is 5.32 Å². The van der Waals surface area contributed by atoms with Gasteiger partial charge in [-0.05, 0) is 51.8 Å². The second-order valence-electron chi connectivity index (χ2n) is 4.67. The van der Waals surface area contributed by atoms with Gasteiger partial charge >= 0.3 is 0 Å². The highest BCUT2D eigenvalue weighted by atomic mass is 79.9. The van der Waals surface area contributed by atoms with E-state index in [2.05, 4.69) is 21.2 Å². The Kier molecular flexibility index (Phi) is 5.12. The zero-order valence-corrected chi connectivity index (χ0v) is 13.4. The molecule has 0 bridgehead atoms. The third-order valence-corrected chi connectivity index (χ3v) is 3.50. The van der Waals surface area contributed by atoms with Crippen molar-refractivity contribution in [3.05, 3.63) is 64.1 Å². The lowest BCUT2D eigenvalue weighted by Gasteiger charge is -2.03. The molecule has 5 heteroatoms. The molecule has 0 saturated carbocycles. The van der Waals surface area contributed by atoms with Crippen LogP contribution in [-0.4, -0.2) is 16.8 Å². The van der Waals surface area contributed by atoms with E-state index in [0.717, 1.165) is 5.56 Å². The lowest BCUT2D eigenvalue weighted by molar-refractivity contribution is -0.114. The van der Waals surface area contributed by atoms with Crippen molar-refractivity contribution in [2.45, 2.75) is 6.92 Å². The number of ketones is 1. The molecule has 0 fully saturated rings. The molecule has 0 aromatic heterocycles. The number of carbonyl (C=O) groups excluding carboxylic acids is 2. The predicted molar refractivity (Wildman–Crippen MR) is 89.9 cm³/mol. The monoisotopic (exact) mass is 359 g/mol. The maximum Gasteiger partial charge on any atom is 0.221 e. The minimum absolute atomic E-state index is 0.145. The Balaban J connectivity index is 2.16. The number of benzene rings is 2. The van der Waals surface area contributed by atoms with Crippen LogP contribution in [0.1, 0.15) is 22.8 Å². The number of rotatable bonds is 4. The van der Waals surface area contributed by atoms with Gasteiger partial charge in [-0.2, -0.15) is 0 Å². The number of carbonyl (C=O) groups is 2. The van der Waals surface area contributed by atoms with Gasteiger partial charge < -0.3 is 10.4 Å². The molecule has 22 heavy (non-hydrogen) atoms. The van der Waals surface area contributed by atoms with Crippen molar-refractivity contribution in [1.82, 2.24) is 0 Å². The van der Waals surface area contributed by atoms with Gasteiger partial charge in [-0.1, -0.05) is 24.3 Å². The van der Waals surface area contributed by atoms with Crippen molar-refractivity contribution in [1.29, 1.82) is 0 Å². The summed E-state index contributed by atoms with van der Waals surface area (Å²) in [5, 5.41) is 12.1. The molecular weight excluding hydrogens is 346 g/mol. The normalized spacial score (nSPS) is 10.6. The fraction of sp³-hybridized carbons (Fsp3) is 0.0588. The van der Waals surface area contributed by atoms with Crippen LogP contribution in [0.3, 0.4) is 0 Å². The molecule has 112 valence electrons. The van der Waals surface area contributed by atoms with Gasteiger partial charge in [0.1, 0.15) is 5.75 Å². The minimum Gasteiger partial charge on any atom is -0.507 e. The summed E-state index contributed by atoms with van der Waals surface area (Å²) < 4.78 is 0.565. The Morgan fingerprint density at radius 3 is 2.64 bits per heavy atom. The van der Waals surface area contributed by atoms with Crippen LogP contribution in [0.25, 0.3) is 6.08 Å². The van der Waals surface area contributed by atoms with Gasteiger partial charge in [-0.3, -0.25) is 9.59 Å². The number of phenolic OH excluding ortho intramolecular Hbond substituents is 1. The average molecular weight is 360 g/mol. The number of anilines is 1. The van der Waals surface area contributed by atoms with Crippen LogP contribution in [-0.2, 0) is 4.79 Å². The molecule has 2 aromatic rings. The van der Waals surface area contributed by atoms with E-state index < -0.39 is 0 Å². The number of nitrogens with one attached hydrogen (secondary N) is 1. The van der Waals surface area contributed by atoms with Gasteiger partial charge in [0.15, 0.2) is 5.78 Å². The fourth-order valence-corrected chi connectivity index (χ4v) is 2.24. The van der Waals surface area contributed by atoms with Crippen LogP contribution in [0.15, 0.2) is 53.0 Å². The SMILES string of the molecule is CC(=O)Nc1cccc(C(=O)/C=C/c2ccc(O)c(Br)c2)c1. The van der Waals surface area contributed by atoms with Crippen LogP contribution in [0.5, 0.6) is 5.75 Å². The summed E-state index contributed by atoms with van der Waals surface area (Å²) in [6.45, 7) is 1.41. The molecular formula is C17H14BrNO3. The first-order chi connectivity index (χ1) is 10.5. The highest BCUT2D eigenvalue weighted by Gasteiger charge is 2.04. The quantitative estimate of drug-likeness (QED) is 0.640. The van der Waals surface area contributed by atoms with E-state index in [1.807, 2.05) is 0 Å². The van der Waals surface area contributed by atoms with E-state index in [1.54, 1.807) is 48.5 Å². The van der Waals surface area contributed by atoms with Crippen molar-refractivity contribution in [3.8, 4) is 5.75 Å². The Labute approximate surface area is 136 Å². The molecule has 2 N–H and O–H groups in total. The first kappa shape index (κ1) is 16.0. The summed E-state index contributed by atoms with van der Waals surface area (Å²) in [5.74, 6) is -0.211. The molecule has 0 saturated heterocycles. The third kappa shape index (κ3) is 4.30. The summed E-state index contributed by atoms with van der Waals surface area (Å²) in [6, 6.07) is 11.7. The van der Waals surface area contributed by atoms with Crippen LogP contribution in [0.2, 0.25) is 0 Å². The van der Waals surface area contributed by atoms with E-state index in [9.17, 15) is 14.7 Å². The van der Waals surface area contributed by atoms with E-state index in [-0.39, 0.29) is 17.4 Å². The van der Waals surface area contributed by atoms with Gasteiger partial charge in [0.25, 0.3) is 0 Å². The predicted octanol–water partition coefficient (Wildman–Crippen LogP) is 4.01. The van der Waals surface area contributed by atoms with Gasteiger partial charge in [0.2, 0.25) is 5.91 Å². The number of halogens is 1. The standard InChI is InChI=1S/C17H14BrNO3/c1-11(20)19-14-4-2-3-13(10-14)16(21)7-5-12-6-8-17(22)15(18)9-12/h2-10,22H,1H3,(H,19,20)/b7-5+. The topological polar surface area (TPSA) is 66.4 Å². The Hall–Kier alpha value is -2.40. The Bertz CT molecular complexity index is 753. The minimum atomic E-state index is -0.186. The second-order valence-corrected chi connectivity index (χ2v) is 5.52. The molecule has 0 aliphatic carbocycles. The number of allylic oxidation sites excluding steroid dienone is 1. The van der Waals surface area contributed by atoms with Crippen molar-refractivity contribution in [3.63, 3.8) is 0 Å². The smallest absolute Gasteiger partial charge is 0.221 e. The van der Waals surface area contributed by atoms with Gasteiger partial charge in [-0.25, -0.2) is 0 Å². The molecule has 0 aliphatic rings. The average Bonchev–Trinajstić information content (AvgIpc) is 2.48. The summed E-state index contributed by atoms with van der Waals surface area (Å²) >= 11 is 3.22. The van der Waals surface area contributed by atoms with Gasteiger partial charge in [0, 0.05) is 18.2 Å². The first-order valence-electron chi connectivity index (χ1n) is 6.54. The summed E-state index contributed by atoms with van der Waals surface area (Å²) in [5.41, 5.74) is 1.86. The summed E-state index contributed by atoms with van der Waals surface area (Å²) in [6.07, 6.45) is 3.11. The number of hydrogen-bond donors (Lipinski definition) is 2. The lowest BCUT2D eigenvalue weighted by atomic mass is 10.1. The molecule has 1 amide bonds. The zero-order chi connectivity index (χ0) is 16.1. The van der Waals surface area contributed by atoms with Crippen LogP contribution < -0.4 is 5.32 Å². The van der Waals surface area contributed by atoms with E-state index in [1.165, 1.54) is 13.0 Å². The largest absolute Gasteiger partial charge is 0.507 e. The van der Waals surface area contributed by atoms with Crippen molar-refractivity contribution >= 4 is 39.4 Å². The molecule has 0 heterocycles. The van der Waals surface area contributed by atoms with Gasteiger partial charge in [-0.15, -0.1) is 0 Å². The highest BCUT2D eigenvalue weighted by Crippen LogP contribution is 2.24. The number of hydrogen-bond acceptors (Lipinski definition) is 3. The molecule has 0 aliphatic heterocycles. The second kappa shape index (κ2) is 7.04. The van der Waals surface area contributed by atoms with E-state index in [4.69, 9.17) is 0 Å². The van der Waals surface area contributed by atoms with Gasteiger partial charge in [0.05, 0.1) is 4.47 Å². The zero-order valence-electron chi connectivity index (χ0n) is 11.8. The molecule has 0 atom stereocenters. The number of amides is 1. The van der Waals surface area contributed by atoms with Crippen molar-refractivity contribution < 1.29 is 14.7 Å². The van der Waals surface area contributed by atoms with Crippen LogP contribution in [0, 0.1) is 0 Å². The maximum absolute atomic E-state index is 12.1. The van der Waals surface area contributed by atoms with E-state index in [0.29, 0.717) is 15.7 Å². The first-order valence-corrected chi connectivity index (χ1v) is 7.33.